The van der Waals surface area contributed by atoms with Gasteiger partial charge in [-0.15, -0.1) is 0 Å². The van der Waals surface area contributed by atoms with Crippen LogP contribution >= 0.6 is 0 Å². The minimum atomic E-state index is 0.720. The smallest absolute Gasteiger partial charge is 0.00795 e. The van der Waals surface area contributed by atoms with Crippen LogP contribution in [0.25, 0.3) is 0 Å². The van der Waals surface area contributed by atoms with Gasteiger partial charge in [0.1, 0.15) is 0 Å². The van der Waals surface area contributed by atoms with Crippen molar-refractivity contribution in [2.45, 2.75) is 19.4 Å². The Morgan fingerprint density at radius 1 is 1.67 bits per heavy atom. The highest BCUT2D eigenvalue weighted by Gasteiger charge is 2.20. The Bertz CT molecular complexity index is 83.0. The maximum absolute atomic E-state index is 3.41. The molecule has 0 aromatic heterocycles. The van der Waals surface area contributed by atoms with Crippen LogP contribution in [0.4, 0.5) is 0 Å². The van der Waals surface area contributed by atoms with Crippen molar-refractivity contribution in [3.8, 4) is 0 Å². The molecular formula is C7H16N2. The van der Waals surface area contributed by atoms with Gasteiger partial charge >= 0.3 is 0 Å². The lowest BCUT2D eigenvalue weighted by Gasteiger charge is -2.13. The maximum atomic E-state index is 3.41. The second-order valence-corrected chi connectivity index (χ2v) is 2.85. The molecule has 0 amide bonds. The molecule has 0 aromatic carbocycles. The standard InChI is InChI=1S/C7H16N2/c1-6-7(5-8-2)3-4-9-6/h6-9H,3-5H2,1-2H3/t6-,7+/m0/s1. The van der Waals surface area contributed by atoms with Gasteiger partial charge in [0.15, 0.2) is 0 Å². The highest BCUT2D eigenvalue weighted by atomic mass is 15.0. The first kappa shape index (κ1) is 7.03. The summed E-state index contributed by atoms with van der Waals surface area (Å²) in [5.74, 6) is 0.856. The number of rotatable bonds is 2. The lowest BCUT2D eigenvalue weighted by Crippen LogP contribution is -2.29. The van der Waals surface area contributed by atoms with Gasteiger partial charge in [-0.3, -0.25) is 0 Å². The molecule has 0 spiro atoms. The Labute approximate surface area is 57.0 Å². The third kappa shape index (κ3) is 1.66. The molecule has 0 bridgehead atoms. The van der Waals surface area contributed by atoms with Crippen LogP contribution in [-0.4, -0.2) is 26.2 Å². The fraction of sp³-hybridized carbons (Fsp3) is 1.00. The molecule has 1 aliphatic rings. The van der Waals surface area contributed by atoms with Crippen molar-refractivity contribution < 1.29 is 0 Å². The van der Waals surface area contributed by atoms with Gasteiger partial charge in [0.25, 0.3) is 0 Å². The first-order valence-corrected chi connectivity index (χ1v) is 3.72. The van der Waals surface area contributed by atoms with Crippen molar-refractivity contribution in [2.24, 2.45) is 5.92 Å². The van der Waals surface area contributed by atoms with Crippen LogP contribution in [-0.2, 0) is 0 Å². The predicted molar refractivity (Wildman–Crippen MR) is 39.5 cm³/mol. The number of hydrogen-bond acceptors (Lipinski definition) is 2. The minimum absolute atomic E-state index is 0.720. The molecule has 1 fully saturated rings. The molecule has 0 radical (unpaired) electrons. The van der Waals surface area contributed by atoms with E-state index < -0.39 is 0 Å². The van der Waals surface area contributed by atoms with E-state index in [1.165, 1.54) is 13.0 Å². The Morgan fingerprint density at radius 2 is 2.44 bits per heavy atom. The highest BCUT2D eigenvalue weighted by Crippen LogP contribution is 2.12. The Hall–Kier alpha value is -0.0800. The van der Waals surface area contributed by atoms with E-state index in [-0.39, 0.29) is 0 Å². The van der Waals surface area contributed by atoms with Gasteiger partial charge in [-0.1, -0.05) is 0 Å². The van der Waals surface area contributed by atoms with Crippen molar-refractivity contribution in [1.29, 1.82) is 0 Å². The summed E-state index contributed by atoms with van der Waals surface area (Å²) < 4.78 is 0. The molecule has 2 atom stereocenters. The first-order chi connectivity index (χ1) is 4.34. The number of nitrogens with one attached hydrogen (secondary N) is 2. The summed E-state index contributed by atoms with van der Waals surface area (Å²) in [6, 6.07) is 0.720. The topological polar surface area (TPSA) is 24.1 Å². The SMILES string of the molecule is CNC[C@H]1CCN[C@H]1C. The van der Waals surface area contributed by atoms with E-state index >= 15 is 0 Å². The summed E-state index contributed by atoms with van der Waals surface area (Å²) in [4.78, 5) is 0. The van der Waals surface area contributed by atoms with Gasteiger partial charge in [0.2, 0.25) is 0 Å². The van der Waals surface area contributed by atoms with Crippen LogP contribution in [0.5, 0.6) is 0 Å². The quantitative estimate of drug-likeness (QED) is 0.555. The van der Waals surface area contributed by atoms with Gasteiger partial charge in [0.05, 0.1) is 0 Å². The van der Waals surface area contributed by atoms with Crippen LogP contribution in [0.2, 0.25) is 0 Å². The molecule has 0 unspecified atom stereocenters. The summed E-state index contributed by atoms with van der Waals surface area (Å²) in [5, 5.41) is 6.61. The second-order valence-electron chi connectivity index (χ2n) is 2.85. The van der Waals surface area contributed by atoms with Crippen molar-refractivity contribution in [1.82, 2.24) is 10.6 Å². The van der Waals surface area contributed by atoms with Crippen LogP contribution in [0, 0.1) is 5.92 Å². The zero-order valence-corrected chi connectivity index (χ0v) is 6.28. The van der Waals surface area contributed by atoms with Gasteiger partial charge in [-0.2, -0.15) is 0 Å². The molecule has 2 N–H and O–H groups in total. The van der Waals surface area contributed by atoms with Crippen LogP contribution < -0.4 is 10.6 Å². The van der Waals surface area contributed by atoms with Crippen LogP contribution in [0.15, 0.2) is 0 Å². The third-order valence-electron chi connectivity index (χ3n) is 2.15. The zero-order valence-electron chi connectivity index (χ0n) is 6.28. The molecule has 2 heteroatoms. The molecule has 1 heterocycles. The van der Waals surface area contributed by atoms with Crippen LogP contribution in [0.3, 0.4) is 0 Å². The van der Waals surface area contributed by atoms with E-state index in [2.05, 4.69) is 17.6 Å². The monoisotopic (exact) mass is 128 g/mol. The zero-order chi connectivity index (χ0) is 6.69. The van der Waals surface area contributed by atoms with E-state index in [9.17, 15) is 0 Å². The molecule has 1 saturated heterocycles. The fourth-order valence-corrected chi connectivity index (χ4v) is 1.45. The van der Waals surface area contributed by atoms with Crippen LogP contribution in [0.1, 0.15) is 13.3 Å². The van der Waals surface area contributed by atoms with Gasteiger partial charge in [0, 0.05) is 6.04 Å². The van der Waals surface area contributed by atoms with Crippen molar-refractivity contribution in [3.05, 3.63) is 0 Å². The van der Waals surface area contributed by atoms with Gasteiger partial charge in [-0.25, -0.2) is 0 Å². The molecule has 1 aliphatic heterocycles. The normalized spacial score (nSPS) is 35.3. The fourth-order valence-electron chi connectivity index (χ4n) is 1.45. The molecule has 1 rings (SSSR count). The Morgan fingerprint density at radius 3 is 2.89 bits per heavy atom. The second kappa shape index (κ2) is 3.18. The summed E-state index contributed by atoms with van der Waals surface area (Å²) in [7, 11) is 2.02. The summed E-state index contributed by atoms with van der Waals surface area (Å²) in [5.41, 5.74) is 0. The molecule has 0 aromatic rings. The third-order valence-corrected chi connectivity index (χ3v) is 2.15. The average molecular weight is 128 g/mol. The first-order valence-electron chi connectivity index (χ1n) is 3.72. The number of hydrogen-bond donors (Lipinski definition) is 2. The van der Waals surface area contributed by atoms with Crippen molar-refractivity contribution >= 4 is 0 Å². The minimum Gasteiger partial charge on any atom is -0.319 e. The molecule has 54 valence electrons. The molecule has 2 nitrogen and oxygen atoms in total. The van der Waals surface area contributed by atoms with E-state index in [1.807, 2.05) is 7.05 Å². The maximum Gasteiger partial charge on any atom is 0.00795 e. The molecule has 9 heavy (non-hydrogen) atoms. The Kier molecular flexibility index (Phi) is 2.49. The van der Waals surface area contributed by atoms with Gasteiger partial charge in [-0.05, 0) is 39.4 Å². The largest absolute Gasteiger partial charge is 0.319 e. The van der Waals surface area contributed by atoms with Gasteiger partial charge < -0.3 is 10.6 Å². The average Bonchev–Trinajstić information content (AvgIpc) is 2.18. The van der Waals surface area contributed by atoms with E-state index in [0.717, 1.165) is 18.5 Å². The highest BCUT2D eigenvalue weighted by molar-refractivity contribution is 4.80. The summed E-state index contributed by atoms with van der Waals surface area (Å²) in [6.45, 7) is 4.62. The lowest BCUT2D eigenvalue weighted by atomic mass is 10.0. The van der Waals surface area contributed by atoms with Crippen molar-refractivity contribution in [2.75, 3.05) is 20.1 Å². The lowest BCUT2D eigenvalue weighted by molar-refractivity contribution is 0.457. The molecule has 0 aliphatic carbocycles. The van der Waals surface area contributed by atoms with E-state index in [1.54, 1.807) is 0 Å². The van der Waals surface area contributed by atoms with E-state index in [4.69, 9.17) is 0 Å². The summed E-state index contributed by atoms with van der Waals surface area (Å²) >= 11 is 0. The molecular weight excluding hydrogens is 112 g/mol. The van der Waals surface area contributed by atoms with Crippen molar-refractivity contribution in [3.63, 3.8) is 0 Å². The van der Waals surface area contributed by atoms with E-state index in [0.29, 0.717) is 0 Å². The molecule has 0 saturated carbocycles. The predicted octanol–water partition coefficient (Wildman–Crippen LogP) is 0.204. The Balaban J connectivity index is 2.22. The summed E-state index contributed by atoms with van der Waals surface area (Å²) in [6.07, 6.45) is 1.34.